The molecule has 1 fully saturated rings. The Bertz CT molecular complexity index is 1230. The van der Waals surface area contributed by atoms with Gasteiger partial charge in [-0.2, -0.15) is 0 Å². The number of nitrogen functional groups attached to an aromatic ring is 1. The topological polar surface area (TPSA) is 108 Å². The van der Waals surface area contributed by atoms with Crippen molar-refractivity contribution in [3.05, 3.63) is 92.6 Å². The molecule has 178 valence electrons. The number of nitrogens with two attached hydrogens (primary N) is 1. The highest BCUT2D eigenvalue weighted by atomic mass is 16.2. The average molecular weight is 463 g/mol. The molecule has 1 amide bonds. The number of carbonyl (C=O) groups excluding carboxylic acids is 1. The number of hydrogen-bond acceptors (Lipinski definition) is 6. The first-order valence-corrected chi connectivity index (χ1v) is 11.3. The molecule has 0 radical (unpaired) electrons. The van der Waals surface area contributed by atoms with E-state index >= 15 is 0 Å². The number of nitrogens with one attached hydrogen (secondary N) is 1. The smallest absolute Gasteiger partial charge is 0.330 e. The minimum atomic E-state index is -0.602. The second-order valence-corrected chi connectivity index (χ2v) is 8.56. The van der Waals surface area contributed by atoms with Gasteiger partial charge in [-0.15, -0.1) is 0 Å². The first kappa shape index (κ1) is 23.3. The highest BCUT2D eigenvalue weighted by Gasteiger charge is 2.24. The van der Waals surface area contributed by atoms with Gasteiger partial charge in [0.15, 0.2) is 0 Å². The summed E-state index contributed by atoms with van der Waals surface area (Å²) in [7, 11) is 1.64. The summed E-state index contributed by atoms with van der Waals surface area (Å²) in [6.45, 7) is 3.90. The highest BCUT2D eigenvalue weighted by molar-refractivity contribution is 5.82. The first-order chi connectivity index (χ1) is 16.4. The number of carbonyl (C=O) groups is 1. The fourth-order valence-corrected chi connectivity index (χ4v) is 4.25. The number of hydrogen-bond donors (Lipinski definition) is 2. The van der Waals surface area contributed by atoms with Gasteiger partial charge < -0.3 is 15.5 Å². The van der Waals surface area contributed by atoms with Gasteiger partial charge >= 0.3 is 5.69 Å². The molecule has 0 aliphatic carbocycles. The number of rotatable bonds is 7. The molecule has 1 aliphatic heterocycles. The van der Waals surface area contributed by atoms with Gasteiger partial charge in [-0.05, 0) is 11.1 Å². The van der Waals surface area contributed by atoms with Crippen LogP contribution in [0, 0.1) is 0 Å². The molecular formula is C25H30N6O3. The number of anilines is 2. The van der Waals surface area contributed by atoms with Crippen LogP contribution >= 0.6 is 0 Å². The molecule has 1 saturated heterocycles. The average Bonchev–Trinajstić information content (AvgIpc) is 2.83. The van der Waals surface area contributed by atoms with E-state index in [1.165, 1.54) is 15.0 Å². The molecular weight excluding hydrogens is 432 g/mol. The van der Waals surface area contributed by atoms with Crippen molar-refractivity contribution in [3.8, 4) is 0 Å². The van der Waals surface area contributed by atoms with Crippen LogP contribution < -0.4 is 21.9 Å². The van der Waals surface area contributed by atoms with Crippen LogP contribution in [0.25, 0.3) is 0 Å². The van der Waals surface area contributed by atoms with E-state index in [2.05, 4.69) is 22.0 Å². The van der Waals surface area contributed by atoms with Gasteiger partial charge in [0.1, 0.15) is 11.5 Å². The zero-order valence-corrected chi connectivity index (χ0v) is 19.3. The van der Waals surface area contributed by atoms with Gasteiger partial charge in [-0.3, -0.25) is 24.0 Å². The lowest BCUT2D eigenvalue weighted by Crippen LogP contribution is -2.51. The standard InChI is InChI=1S/C25H30N6O3/c1-28(18-21(32)30-14-12-29(13-15-30)16-19-8-4-2-5-9-19)22-23(26)31(25(34)27-24(22)33)17-20-10-6-3-7-11-20/h2-11H,12-18,26H2,1H3,(H,27,33,34). The highest BCUT2D eigenvalue weighted by Crippen LogP contribution is 2.17. The summed E-state index contributed by atoms with van der Waals surface area (Å²) in [6.07, 6.45) is 0. The Morgan fingerprint density at radius 1 is 0.912 bits per heavy atom. The van der Waals surface area contributed by atoms with Gasteiger partial charge in [0.25, 0.3) is 5.56 Å². The summed E-state index contributed by atoms with van der Waals surface area (Å²) in [6, 6.07) is 19.6. The van der Waals surface area contributed by atoms with Crippen LogP contribution in [0.4, 0.5) is 11.5 Å². The lowest BCUT2D eigenvalue weighted by Gasteiger charge is -2.35. The summed E-state index contributed by atoms with van der Waals surface area (Å²) in [5.74, 6) is -0.0398. The van der Waals surface area contributed by atoms with Gasteiger partial charge in [-0.1, -0.05) is 60.7 Å². The van der Waals surface area contributed by atoms with Crippen LogP contribution in [0.5, 0.6) is 0 Å². The van der Waals surface area contributed by atoms with Gasteiger partial charge in [0.05, 0.1) is 13.1 Å². The van der Waals surface area contributed by atoms with Crippen molar-refractivity contribution in [2.75, 3.05) is 50.4 Å². The van der Waals surface area contributed by atoms with Crippen molar-refractivity contribution in [1.29, 1.82) is 0 Å². The van der Waals surface area contributed by atoms with Gasteiger partial charge in [-0.25, -0.2) is 4.79 Å². The van der Waals surface area contributed by atoms with E-state index in [-0.39, 0.29) is 30.5 Å². The zero-order chi connectivity index (χ0) is 24.1. The number of likely N-dealkylation sites (N-methyl/N-ethyl adjacent to an activating group) is 1. The maximum absolute atomic E-state index is 13.0. The molecule has 9 heteroatoms. The third-order valence-electron chi connectivity index (χ3n) is 6.13. The van der Waals surface area contributed by atoms with E-state index in [4.69, 9.17) is 5.73 Å². The molecule has 1 aromatic heterocycles. The second kappa shape index (κ2) is 10.4. The van der Waals surface area contributed by atoms with E-state index in [0.717, 1.165) is 25.2 Å². The maximum atomic E-state index is 13.0. The summed E-state index contributed by atoms with van der Waals surface area (Å²) in [5, 5.41) is 0. The third kappa shape index (κ3) is 5.37. The minimum absolute atomic E-state index is 0.00446. The molecule has 2 heterocycles. The molecule has 1 aliphatic rings. The predicted octanol–water partition coefficient (Wildman–Crippen LogP) is 0.948. The van der Waals surface area contributed by atoms with Crippen molar-refractivity contribution >= 4 is 17.4 Å². The van der Waals surface area contributed by atoms with E-state index < -0.39 is 11.2 Å². The monoisotopic (exact) mass is 462 g/mol. The zero-order valence-electron chi connectivity index (χ0n) is 19.3. The largest absolute Gasteiger partial charge is 0.383 e. The van der Waals surface area contributed by atoms with Crippen LogP contribution in [-0.2, 0) is 17.9 Å². The number of aromatic nitrogens is 2. The van der Waals surface area contributed by atoms with E-state index in [0.29, 0.717) is 13.1 Å². The Hall–Kier alpha value is -3.85. The lowest BCUT2D eigenvalue weighted by atomic mass is 10.2. The molecule has 4 rings (SSSR count). The normalized spacial score (nSPS) is 14.2. The van der Waals surface area contributed by atoms with Crippen LogP contribution in [0.3, 0.4) is 0 Å². The fourth-order valence-electron chi connectivity index (χ4n) is 4.25. The van der Waals surface area contributed by atoms with E-state index in [1.807, 2.05) is 53.4 Å². The Kier molecular flexibility index (Phi) is 7.12. The van der Waals surface area contributed by atoms with Crippen LogP contribution in [0.15, 0.2) is 70.3 Å². The first-order valence-electron chi connectivity index (χ1n) is 11.3. The van der Waals surface area contributed by atoms with Gasteiger partial charge in [0.2, 0.25) is 5.91 Å². The van der Waals surface area contributed by atoms with Crippen LogP contribution in [-0.4, -0.2) is 65.0 Å². The number of amides is 1. The molecule has 0 spiro atoms. The SMILES string of the molecule is CN(CC(=O)N1CCN(Cc2ccccc2)CC1)c1c(N)n(Cc2ccccc2)c(=O)[nH]c1=O. The van der Waals surface area contributed by atoms with Crippen molar-refractivity contribution in [1.82, 2.24) is 19.4 Å². The summed E-state index contributed by atoms with van der Waals surface area (Å²) in [5.41, 5.74) is 7.31. The molecule has 2 aromatic carbocycles. The number of aromatic amines is 1. The summed E-state index contributed by atoms with van der Waals surface area (Å²) < 4.78 is 1.31. The molecule has 3 aromatic rings. The molecule has 0 atom stereocenters. The number of H-pyrrole nitrogens is 1. The molecule has 0 saturated carbocycles. The molecule has 3 N–H and O–H groups in total. The van der Waals surface area contributed by atoms with Gasteiger partial charge in [0, 0.05) is 39.8 Å². The Morgan fingerprint density at radius 3 is 2.06 bits per heavy atom. The van der Waals surface area contributed by atoms with Crippen molar-refractivity contribution in [2.45, 2.75) is 13.1 Å². The van der Waals surface area contributed by atoms with E-state index in [1.54, 1.807) is 7.05 Å². The van der Waals surface area contributed by atoms with Crippen molar-refractivity contribution < 1.29 is 4.79 Å². The predicted molar refractivity (Wildman–Crippen MR) is 133 cm³/mol. The lowest BCUT2D eigenvalue weighted by molar-refractivity contribution is -0.131. The maximum Gasteiger partial charge on any atom is 0.330 e. The van der Waals surface area contributed by atoms with Crippen molar-refractivity contribution in [3.63, 3.8) is 0 Å². The Morgan fingerprint density at radius 2 is 1.47 bits per heavy atom. The van der Waals surface area contributed by atoms with E-state index in [9.17, 15) is 14.4 Å². The molecule has 0 bridgehead atoms. The minimum Gasteiger partial charge on any atom is -0.383 e. The third-order valence-corrected chi connectivity index (χ3v) is 6.13. The van der Waals surface area contributed by atoms with Crippen LogP contribution in [0.1, 0.15) is 11.1 Å². The molecule has 0 unspecified atom stereocenters. The number of nitrogens with zero attached hydrogens (tertiary/aromatic N) is 4. The number of benzene rings is 2. The quantitative estimate of drug-likeness (QED) is 0.541. The summed E-state index contributed by atoms with van der Waals surface area (Å²) >= 11 is 0. The Labute approximate surface area is 198 Å². The second-order valence-electron chi connectivity index (χ2n) is 8.56. The van der Waals surface area contributed by atoms with Crippen LogP contribution in [0.2, 0.25) is 0 Å². The number of piperazine rings is 1. The fraction of sp³-hybridized carbons (Fsp3) is 0.320. The molecule has 34 heavy (non-hydrogen) atoms. The molecule has 9 nitrogen and oxygen atoms in total. The Balaban J connectivity index is 1.41. The summed E-state index contributed by atoms with van der Waals surface area (Å²) in [4.78, 5) is 45.9. The van der Waals surface area contributed by atoms with Crippen molar-refractivity contribution in [2.24, 2.45) is 0 Å².